The van der Waals surface area contributed by atoms with Gasteiger partial charge in [-0.3, -0.25) is 14.4 Å². The number of rotatable bonds is 8. The predicted molar refractivity (Wildman–Crippen MR) is 90.9 cm³/mol. The van der Waals surface area contributed by atoms with Gasteiger partial charge >= 0.3 is 5.97 Å². The topological polar surface area (TPSA) is 95.5 Å². The molecular formula is C15H19ClN2O4S. The Hall–Kier alpha value is -1.73. The van der Waals surface area contributed by atoms with E-state index in [2.05, 4.69) is 10.6 Å². The van der Waals surface area contributed by atoms with Crippen LogP contribution in [0.1, 0.15) is 23.7 Å². The van der Waals surface area contributed by atoms with Crippen LogP contribution in [0.4, 0.5) is 0 Å². The summed E-state index contributed by atoms with van der Waals surface area (Å²) in [5, 5.41) is 14.4. The number of halogens is 1. The Morgan fingerprint density at radius 1 is 1.22 bits per heavy atom. The summed E-state index contributed by atoms with van der Waals surface area (Å²) in [5.74, 6) is -1.41. The molecule has 8 heteroatoms. The maximum absolute atomic E-state index is 12.2. The van der Waals surface area contributed by atoms with E-state index in [1.54, 1.807) is 24.3 Å². The number of carbonyl (C=O) groups excluding carboxylic acids is 2. The van der Waals surface area contributed by atoms with Crippen molar-refractivity contribution in [2.75, 3.05) is 12.0 Å². The molecule has 2 atom stereocenters. The van der Waals surface area contributed by atoms with Crippen molar-refractivity contribution in [1.82, 2.24) is 10.6 Å². The Balaban J connectivity index is 2.76. The number of carboxylic acids is 1. The van der Waals surface area contributed by atoms with E-state index in [0.717, 1.165) is 0 Å². The lowest BCUT2D eigenvalue weighted by atomic mass is 10.1. The molecule has 1 aromatic carbocycles. The molecule has 2 unspecified atom stereocenters. The highest BCUT2D eigenvalue weighted by Gasteiger charge is 2.24. The second kappa shape index (κ2) is 9.42. The van der Waals surface area contributed by atoms with E-state index >= 15 is 0 Å². The summed E-state index contributed by atoms with van der Waals surface area (Å²) in [6, 6.07) is 4.46. The van der Waals surface area contributed by atoms with E-state index in [-0.39, 0.29) is 0 Å². The third-order valence-corrected chi connectivity index (χ3v) is 3.96. The van der Waals surface area contributed by atoms with Gasteiger partial charge in [0.25, 0.3) is 5.91 Å². The van der Waals surface area contributed by atoms with Crippen LogP contribution in [0.2, 0.25) is 5.02 Å². The van der Waals surface area contributed by atoms with Crippen molar-refractivity contribution in [2.24, 2.45) is 0 Å². The molecule has 0 aliphatic rings. The highest BCUT2D eigenvalue weighted by molar-refractivity contribution is 7.98. The molecule has 6 nitrogen and oxygen atoms in total. The molecule has 0 saturated heterocycles. The molecule has 0 aliphatic carbocycles. The molecule has 0 bridgehead atoms. The average molecular weight is 359 g/mol. The van der Waals surface area contributed by atoms with Gasteiger partial charge in [-0.15, -0.1) is 0 Å². The number of aliphatic carboxylic acids is 1. The summed E-state index contributed by atoms with van der Waals surface area (Å²) in [5.41, 5.74) is 0.377. The molecule has 2 amide bonds. The summed E-state index contributed by atoms with van der Waals surface area (Å²) < 4.78 is 0. The highest BCUT2D eigenvalue weighted by Crippen LogP contribution is 2.10. The van der Waals surface area contributed by atoms with E-state index in [1.165, 1.54) is 18.7 Å². The lowest BCUT2D eigenvalue weighted by molar-refractivity contribution is -0.141. The number of carbonyl (C=O) groups is 3. The van der Waals surface area contributed by atoms with Gasteiger partial charge in [-0.1, -0.05) is 11.6 Å². The van der Waals surface area contributed by atoms with E-state index in [9.17, 15) is 14.4 Å². The van der Waals surface area contributed by atoms with Gasteiger partial charge in [0.1, 0.15) is 12.1 Å². The first-order valence-corrected chi connectivity index (χ1v) is 8.71. The standard InChI is InChI=1S/C15H19ClN2O4S/c1-9(15(21)22)17-14(20)12(7-8-23-2)18-13(19)10-3-5-11(16)6-4-10/h3-6,9,12H,7-8H2,1-2H3,(H,17,20)(H,18,19)(H,21,22). The Morgan fingerprint density at radius 2 is 1.83 bits per heavy atom. The van der Waals surface area contributed by atoms with Gasteiger partial charge < -0.3 is 15.7 Å². The molecule has 0 heterocycles. The molecule has 0 fully saturated rings. The van der Waals surface area contributed by atoms with E-state index in [1.807, 2.05) is 6.26 Å². The Labute approximate surface area is 144 Å². The van der Waals surface area contributed by atoms with Gasteiger partial charge in [-0.25, -0.2) is 0 Å². The normalized spacial score (nSPS) is 13.0. The highest BCUT2D eigenvalue weighted by atomic mass is 35.5. The van der Waals surface area contributed by atoms with E-state index in [4.69, 9.17) is 16.7 Å². The first-order chi connectivity index (χ1) is 10.8. The molecular weight excluding hydrogens is 340 g/mol. The van der Waals surface area contributed by atoms with Gasteiger partial charge in [0, 0.05) is 10.6 Å². The minimum atomic E-state index is -1.13. The third-order valence-electron chi connectivity index (χ3n) is 3.07. The zero-order valence-corrected chi connectivity index (χ0v) is 14.4. The minimum absolute atomic E-state index is 0.377. The molecule has 1 rings (SSSR count). The molecule has 0 radical (unpaired) electrons. The Morgan fingerprint density at radius 3 is 2.35 bits per heavy atom. The Kier molecular flexibility index (Phi) is 7.91. The zero-order chi connectivity index (χ0) is 17.4. The van der Waals surface area contributed by atoms with Crippen LogP contribution in [0.15, 0.2) is 24.3 Å². The molecule has 126 valence electrons. The molecule has 1 aromatic rings. The van der Waals surface area contributed by atoms with Crippen molar-refractivity contribution in [2.45, 2.75) is 25.4 Å². The van der Waals surface area contributed by atoms with Crippen molar-refractivity contribution in [3.8, 4) is 0 Å². The summed E-state index contributed by atoms with van der Waals surface area (Å²) in [6.07, 6.45) is 2.29. The fourth-order valence-electron chi connectivity index (χ4n) is 1.72. The minimum Gasteiger partial charge on any atom is -0.480 e. The quantitative estimate of drug-likeness (QED) is 0.658. The smallest absolute Gasteiger partial charge is 0.325 e. The van der Waals surface area contributed by atoms with Crippen molar-refractivity contribution >= 4 is 41.1 Å². The van der Waals surface area contributed by atoms with E-state index < -0.39 is 29.9 Å². The largest absolute Gasteiger partial charge is 0.480 e. The molecule has 3 N–H and O–H groups in total. The summed E-state index contributed by atoms with van der Waals surface area (Å²) in [7, 11) is 0. The third kappa shape index (κ3) is 6.50. The SMILES string of the molecule is CSCCC(NC(=O)c1ccc(Cl)cc1)C(=O)NC(C)C(=O)O. The predicted octanol–water partition coefficient (Wildman–Crippen LogP) is 1.78. The fraction of sp³-hybridized carbons (Fsp3) is 0.400. The summed E-state index contributed by atoms with van der Waals surface area (Å²) in [6.45, 7) is 1.37. The Bertz CT molecular complexity index is 565. The number of hydrogen-bond acceptors (Lipinski definition) is 4. The van der Waals surface area contributed by atoms with Crippen molar-refractivity contribution in [1.29, 1.82) is 0 Å². The monoisotopic (exact) mass is 358 g/mol. The number of amides is 2. The fourth-order valence-corrected chi connectivity index (χ4v) is 2.32. The van der Waals surface area contributed by atoms with Crippen LogP contribution in [0, 0.1) is 0 Å². The van der Waals surface area contributed by atoms with Gasteiger partial charge in [-0.05, 0) is 49.6 Å². The van der Waals surface area contributed by atoms with Crippen LogP contribution in [0.25, 0.3) is 0 Å². The lowest BCUT2D eigenvalue weighted by Gasteiger charge is -2.19. The molecule has 0 spiro atoms. The summed E-state index contributed by atoms with van der Waals surface area (Å²) in [4.78, 5) is 35.2. The number of hydrogen-bond donors (Lipinski definition) is 3. The van der Waals surface area contributed by atoms with Gasteiger partial charge in [0.2, 0.25) is 5.91 Å². The summed E-state index contributed by atoms with van der Waals surface area (Å²) >= 11 is 7.31. The number of benzene rings is 1. The number of thioether (sulfide) groups is 1. The second-order valence-corrected chi connectivity index (χ2v) is 6.30. The van der Waals surface area contributed by atoms with Crippen LogP contribution in [0.3, 0.4) is 0 Å². The van der Waals surface area contributed by atoms with Crippen molar-refractivity contribution < 1.29 is 19.5 Å². The first kappa shape index (κ1) is 19.3. The van der Waals surface area contributed by atoms with Crippen LogP contribution in [-0.4, -0.2) is 47.0 Å². The van der Waals surface area contributed by atoms with Gasteiger partial charge in [-0.2, -0.15) is 11.8 Å². The molecule has 23 heavy (non-hydrogen) atoms. The van der Waals surface area contributed by atoms with Crippen molar-refractivity contribution in [3.05, 3.63) is 34.9 Å². The maximum atomic E-state index is 12.2. The zero-order valence-electron chi connectivity index (χ0n) is 12.8. The van der Waals surface area contributed by atoms with Crippen LogP contribution < -0.4 is 10.6 Å². The van der Waals surface area contributed by atoms with Crippen LogP contribution >= 0.6 is 23.4 Å². The number of nitrogens with one attached hydrogen (secondary N) is 2. The second-order valence-electron chi connectivity index (χ2n) is 4.88. The van der Waals surface area contributed by atoms with Crippen LogP contribution in [-0.2, 0) is 9.59 Å². The molecule has 0 aromatic heterocycles. The first-order valence-electron chi connectivity index (χ1n) is 6.93. The number of carboxylic acid groups (broad SMARTS) is 1. The van der Waals surface area contributed by atoms with Gasteiger partial charge in [0.15, 0.2) is 0 Å². The molecule has 0 saturated carbocycles. The maximum Gasteiger partial charge on any atom is 0.325 e. The van der Waals surface area contributed by atoms with Crippen molar-refractivity contribution in [3.63, 3.8) is 0 Å². The molecule has 0 aliphatic heterocycles. The van der Waals surface area contributed by atoms with Gasteiger partial charge in [0.05, 0.1) is 0 Å². The van der Waals surface area contributed by atoms with E-state index in [0.29, 0.717) is 22.8 Å². The lowest BCUT2D eigenvalue weighted by Crippen LogP contribution is -2.51. The average Bonchev–Trinajstić information content (AvgIpc) is 2.51. The van der Waals surface area contributed by atoms with Crippen LogP contribution in [0.5, 0.6) is 0 Å².